The van der Waals surface area contributed by atoms with Gasteiger partial charge in [0.25, 0.3) is 10.0 Å². The highest BCUT2D eigenvalue weighted by atomic mass is 32.2. The molecule has 0 aliphatic carbocycles. The summed E-state index contributed by atoms with van der Waals surface area (Å²) in [5, 5.41) is 1.67. The maximum absolute atomic E-state index is 12.1. The summed E-state index contributed by atoms with van der Waals surface area (Å²) in [6.07, 6.45) is 0. The van der Waals surface area contributed by atoms with Gasteiger partial charge in [0.05, 0.1) is 7.11 Å². The first-order valence-corrected chi connectivity index (χ1v) is 7.85. The number of rotatable bonds is 5. The Balaban J connectivity index is 2.14. The van der Waals surface area contributed by atoms with Crippen molar-refractivity contribution >= 4 is 27.0 Å². The molecule has 0 aliphatic rings. The van der Waals surface area contributed by atoms with Gasteiger partial charge in [0.2, 0.25) is 0 Å². The SMILES string of the molecule is COc1ccsc1S(=O)(=O)NCc1cccc(N)c1. The molecule has 2 aromatic rings. The molecular weight excluding hydrogens is 284 g/mol. The third kappa shape index (κ3) is 3.25. The molecule has 1 heterocycles. The predicted octanol–water partition coefficient (Wildman–Crippen LogP) is 1.82. The van der Waals surface area contributed by atoms with E-state index in [1.165, 1.54) is 7.11 Å². The molecule has 102 valence electrons. The molecule has 19 heavy (non-hydrogen) atoms. The number of nitrogens with one attached hydrogen (secondary N) is 1. The lowest BCUT2D eigenvalue weighted by Crippen LogP contribution is -2.22. The molecule has 0 radical (unpaired) electrons. The minimum absolute atomic E-state index is 0.180. The summed E-state index contributed by atoms with van der Waals surface area (Å²) in [6, 6.07) is 8.70. The van der Waals surface area contributed by atoms with Gasteiger partial charge in [0.1, 0.15) is 5.75 Å². The molecule has 0 atom stereocenters. The number of ether oxygens (including phenoxy) is 1. The lowest BCUT2D eigenvalue weighted by molar-refractivity contribution is 0.406. The van der Waals surface area contributed by atoms with Crippen molar-refractivity contribution in [2.24, 2.45) is 0 Å². The highest BCUT2D eigenvalue weighted by Crippen LogP contribution is 2.29. The summed E-state index contributed by atoms with van der Waals surface area (Å²) in [4.78, 5) is 0. The topological polar surface area (TPSA) is 81.4 Å². The molecule has 0 amide bonds. The average molecular weight is 298 g/mol. The number of hydrogen-bond acceptors (Lipinski definition) is 5. The molecule has 0 saturated carbocycles. The molecule has 3 N–H and O–H groups in total. The molecular formula is C12H14N2O3S2. The van der Waals surface area contributed by atoms with Crippen molar-refractivity contribution < 1.29 is 13.2 Å². The average Bonchev–Trinajstić information content (AvgIpc) is 2.86. The smallest absolute Gasteiger partial charge is 0.254 e. The lowest BCUT2D eigenvalue weighted by atomic mass is 10.2. The number of nitrogens with two attached hydrogens (primary N) is 1. The van der Waals surface area contributed by atoms with Crippen LogP contribution in [0.3, 0.4) is 0 Å². The Hall–Kier alpha value is -1.57. The van der Waals surface area contributed by atoms with Crippen LogP contribution < -0.4 is 15.2 Å². The quantitative estimate of drug-likeness (QED) is 0.825. The predicted molar refractivity (Wildman–Crippen MR) is 75.8 cm³/mol. The van der Waals surface area contributed by atoms with Crippen LogP contribution >= 0.6 is 11.3 Å². The van der Waals surface area contributed by atoms with Gasteiger partial charge in [0, 0.05) is 12.2 Å². The molecule has 0 aliphatic heterocycles. The van der Waals surface area contributed by atoms with Gasteiger partial charge in [-0.15, -0.1) is 11.3 Å². The number of sulfonamides is 1. The van der Waals surface area contributed by atoms with Gasteiger partial charge in [0.15, 0.2) is 4.21 Å². The van der Waals surface area contributed by atoms with Crippen molar-refractivity contribution in [2.45, 2.75) is 10.8 Å². The second-order valence-electron chi connectivity index (χ2n) is 3.85. The standard InChI is InChI=1S/C12H14N2O3S2/c1-17-11-5-6-18-12(11)19(15,16)14-8-9-3-2-4-10(13)7-9/h2-7,14H,8,13H2,1H3. The third-order valence-electron chi connectivity index (χ3n) is 2.48. The van der Waals surface area contributed by atoms with Crippen molar-refractivity contribution in [3.05, 3.63) is 41.3 Å². The van der Waals surface area contributed by atoms with Gasteiger partial charge >= 0.3 is 0 Å². The van der Waals surface area contributed by atoms with E-state index in [1.54, 1.807) is 29.6 Å². The summed E-state index contributed by atoms with van der Waals surface area (Å²) in [7, 11) is -2.12. The van der Waals surface area contributed by atoms with E-state index in [1.807, 2.05) is 6.07 Å². The fourth-order valence-corrected chi connectivity index (χ4v) is 3.91. The van der Waals surface area contributed by atoms with Crippen molar-refractivity contribution in [3.8, 4) is 5.75 Å². The van der Waals surface area contributed by atoms with Gasteiger partial charge in [-0.25, -0.2) is 13.1 Å². The monoisotopic (exact) mass is 298 g/mol. The summed E-state index contributed by atoms with van der Waals surface area (Å²) >= 11 is 1.12. The van der Waals surface area contributed by atoms with Crippen LogP contribution in [0.4, 0.5) is 5.69 Å². The van der Waals surface area contributed by atoms with Crippen LogP contribution in [0.25, 0.3) is 0 Å². The molecule has 5 nitrogen and oxygen atoms in total. The molecule has 2 rings (SSSR count). The summed E-state index contributed by atoms with van der Waals surface area (Å²) in [5.74, 6) is 0.352. The highest BCUT2D eigenvalue weighted by Gasteiger charge is 2.20. The van der Waals surface area contributed by atoms with Crippen molar-refractivity contribution in [1.29, 1.82) is 0 Å². The second kappa shape index (κ2) is 5.60. The van der Waals surface area contributed by atoms with Crippen LogP contribution in [0.1, 0.15) is 5.56 Å². The highest BCUT2D eigenvalue weighted by molar-refractivity contribution is 7.91. The van der Waals surface area contributed by atoms with E-state index in [2.05, 4.69) is 4.72 Å². The minimum atomic E-state index is -3.57. The number of thiophene rings is 1. The normalized spacial score (nSPS) is 11.4. The van der Waals surface area contributed by atoms with Gasteiger partial charge in [-0.3, -0.25) is 0 Å². The fourth-order valence-electron chi connectivity index (χ4n) is 1.58. The zero-order valence-electron chi connectivity index (χ0n) is 10.3. The van der Waals surface area contributed by atoms with Crippen LogP contribution in [0.15, 0.2) is 39.9 Å². The van der Waals surface area contributed by atoms with Gasteiger partial charge in [-0.1, -0.05) is 12.1 Å². The Morgan fingerprint density at radius 1 is 1.37 bits per heavy atom. The number of hydrogen-bond donors (Lipinski definition) is 2. The molecule has 1 aromatic heterocycles. The first-order valence-electron chi connectivity index (χ1n) is 5.48. The fraction of sp³-hybridized carbons (Fsp3) is 0.167. The van der Waals surface area contributed by atoms with Gasteiger partial charge in [-0.2, -0.15) is 0 Å². The molecule has 0 fully saturated rings. The van der Waals surface area contributed by atoms with Crippen LogP contribution in [-0.4, -0.2) is 15.5 Å². The Morgan fingerprint density at radius 3 is 2.84 bits per heavy atom. The minimum Gasteiger partial charge on any atom is -0.494 e. The summed E-state index contributed by atoms with van der Waals surface area (Å²) in [5.41, 5.74) is 7.05. The van der Waals surface area contributed by atoms with Gasteiger partial charge < -0.3 is 10.5 Å². The van der Waals surface area contributed by atoms with E-state index in [-0.39, 0.29) is 10.8 Å². The molecule has 7 heteroatoms. The summed E-state index contributed by atoms with van der Waals surface area (Å²) < 4.78 is 32.0. The lowest BCUT2D eigenvalue weighted by Gasteiger charge is -2.07. The number of anilines is 1. The number of methoxy groups -OCH3 is 1. The number of nitrogen functional groups attached to an aromatic ring is 1. The Kier molecular flexibility index (Phi) is 4.08. The molecule has 0 unspecified atom stereocenters. The van der Waals surface area contributed by atoms with Crippen LogP contribution in [0.5, 0.6) is 5.75 Å². The Labute approximate surface area is 116 Å². The van der Waals surface area contributed by atoms with Gasteiger partial charge in [-0.05, 0) is 29.1 Å². The Bertz CT molecular complexity index is 665. The van der Waals surface area contributed by atoms with Crippen molar-refractivity contribution in [2.75, 3.05) is 12.8 Å². The zero-order valence-corrected chi connectivity index (χ0v) is 11.9. The maximum atomic E-state index is 12.1. The van der Waals surface area contributed by atoms with E-state index in [0.717, 1.165) is 16.9 Å². The molecule has 0 saturated heterocycles. The maximum Gasteiger partial charge on any atom is 0.254 e. The van der Waals surface area contributed by atoms with Crippen LogP contribution in [-0.2, 0) is 16.6 Å². The van der Waals surface area contributed by atoms with E-state index < -0.39 is 10.0 Å². The first-order chi connectivity index (χ1) is 9.03. The van der Waals surface area contributed by atoms with Crippen molar-refractivity contribution in [3.63, 3.8) is 0 Å². The number of benzene rings is 1. The zero-order chi connectivity index (χ0) is 13.9. The molecule has 0 bridgehead atoms. The first kappa shape index (κ1) is 13.9. The van der Waals surface area contributed by atoms with E-state index in [9.17, 15) is 8.42 Å². The van der Waals surface area contributed by atoms with Crippen LogP contribution in [0, 0.1) is 0 Å². The van der Waals surface area contributed by atoms with Crippen molar-refractivity contribution in [1.82, 2.24) is 4.72 Å². The van der Waals surface area contributed by atoms with E-state index in [4.69, 9.17) is 10.5 Å². The molecule has 0 spiro atoms. The van der Waals surface area contributed by atoms with E-state index in [0.29, 0.717) is 11.4 Å². The molecule has 1 aromatic carbocycles. The third-order valence-corrected chi connectivity index (χ3v) is 5.33. The summed E-state index contributed by atoms with van der Waals surface area (Å²) in [6.45, 7) is 0.189. The Morgan fingerprint density at radius 2 is 2.16 bits per heavy atom. The second-order valence-corrected chi connectivity index (χ2v) is 6.72. The largest absolute Gasteiger partial charge is 0.494 e. The van der Waals surface area contributed by atoms with E-state index >= 15 is 0 Å². The van der Waals surface area contributed by atoms with Crippen LogP contribution in [0.2, 0.25) is 0 Å².